The van der Waals surface area contributed by atoms with E-state index in [9.17, 15) is 4.39 Å². The van der Waals surface area contributed by atoms with Crippen molar-refractivity contribution < 1.29 is 4.39 Å². The normalized spacial score (nSPS) is 14.3. The topological polar surface area (TPSA) is 36.8 Å². The Morgan fingerprint density at radius 2 is 2.12 bits per heavy atom. The third kappa shape index (κ3) is 7.47. The predicted octanol–water partition coefficient (Wildman–Crippen LogP) is 3.55. The van der Waals surface area contributed by atoms with E-state index in [0.29, 0.717) is 18.0 Å². The smallest absolute Gasteiger partial charge is 0.137 e. The zero-order chi connectivity index (χ0) is 13.3. The molecule has 0 heterocycles. The first-order valence-corrected chi connectivity index (χ1v) is 5.52. The van der Waals surface area contributed by atoms with E-state index in [0.717, 1.165) is 0 Å². The molecule has 0 atom stereocenters. The summed E-state index contributed by atoms with van der Waals surface area (Å²) in [5, 5.41) is 3.06. The SMILES string of the molecule is C=C(C=CC(F)=C(Cl)CC)NC(C)=NC=NC. The maximum Gasteiger partial charge on any atom is 0.137 e. The predicted molar refractivity (Wildman–Crippen MR) is 73.2 cm³/mol. The number of hydrogen-bond acceptors (Lipinski definition) is 1. The van der Waals surface area contributed by atoms with Gasteiger partial charge in [-0.05, 0) is 25.5 Å². The van der Waals surface area contributed by atoms with Gasteiger partial charge in [0.05, 0.1) is 5.03 Å². The molecule has 0 aliphatic carbocycles. The van der Waals surface area contributed by atoms with Gasteiger partial charge < -0.3 is 5.32 Å². The monoisotopic (exact) mass is 257 g/mol. The first kappa shape index (κ1) is 15.6. The molecule has 0 amide bonds. The average Bonchev–Trinajstić information content (AvgIpc) is 2.32. The van der Waals surface area contributed by atoms with E-state index in [4.69, 9.17) is 11.6 Å². The summed E-state index contributed by atoms with van der Waals surface area (Å²) in [6, 6.07) is 0. The fraction of sp³-hybridized carbons (Fsp3) is 0.333. The third-order valence-electron chi connectivity index (χ3n) is 1.71. The van der Waals surface area contributed by atoms with Crippen LogP contribution in [-0.4, -0.2) is 19.2 Å². The van der Waals surface area contributed by atoms with Crippen LogP contribution in [-0.2, 0) is 0 Å². The van der Waals surface area contributed by atoms with Crippen LogP contribution in [0.2, 0.25) is 0 Å². The Kier molecular flexibility index (Phi) is 7.97. The Hall–Kier alpha value is -1.42. The van der Waals surface area contributed by atoms with Crippen molar-refractivity contribution in [3.8, 4) is 0 Å². The molecule has 0 saturated carbocycles. The molecule has 0 spiro atoms. The van der Waals surface area contributed by atoms with E-state index < -0.39 is 5.83 Å². The minimum Gasteiger partial charge on any atom is -0.344 e. The maximum absolute atomic E-state index is 13.2. The van der Waals surface area contributed by atoms with Crippen molar-refractivity contribution in [2.75, 3.05) is 7.05 Å². The molecular weight excluding hydrogens is 241 g/mol. The first-order chi connectivity index (χ1) is 8.01. The van der Waals surface area contributed by atoms with E-state index in [1.165, 1.54) is 18.5 Å². The van der Waals surface area contributed by atoms with Gasteiger partial charge >= 0.3 is 0 Å². The fourth-order valence-corrected chi connectivity index (χ4v) is 0.947. The number of hydrogen-bond donors (Lipinski definition) is 1. The van der Waals surface area contributed by atoms with Crippen molar-refractivity contribution in [3.05, 3.63) is 35.3 Å². The van der Waals surface area contributed by atoms with Gasteiger partial charge in [-0.15, -0.1) is 0 Å². The second-order valence-corrected chi connectivity index (χ2v) is 3.63. The summed E-state index contributed by atoms with van der Waals surface area (Å²) < 4.78 is 13.2. The van der Waals surface area contributed by atoms with Crippen molar-refractivity contribution in [1.29, 1.82) is 0 Å². The third-order valence-corrected chi connectivity index (χ3v) is 2.16. The summed E-state index contributed by atoms with van der Waals surface area (Å²) in [6.07, 6.45) is 4.64. The summed E-state index contributed by atoms with van der Waals surface area (Å²) in [6.45, 7) is 7.24. The molecule has 5 heteroatoms. The van der Waals surface area contributed by atoms with Crippen LogP contribution in [0, 0.1) is 0 Å². The van der Waals surface area contributed by atoms with Crippen molar-refractivity contribution in [2.45, 2.75) is 20.3 Å². The summed E-state index contributed by atoms with van der Waals surface area (Å²) in [7, 11) is 1.62. The zero-order valence-corrected chi connectivity index (χ0v) is 11.1. The highest BCUT2D eigenvalue weighted by Gasteiger charge is 1.97. The number of nitrogens with zero attached hydrogens (tertiary/aromatic N) is 2. The molecule has 0 saturated heterocycles. The Morgan fingerprint density at radius 3 is 2.65 bits per heavy atom. The molecule has 0 bridgehead atoms. The largest absolute Gasteiger partial charge is 0.344 e. The summed E-state index contributed by atoms with van der Waals surface area (Å²) >= 11 is 5.64. The molecule has 0 aromatic rings. The van der Waals surface area contributed by atoms with Crippen molar-refractivity contribution in [3.63, 3.8) is 0 Å². The second kappa shape index (κ2) is 8.70. The van der Waals surface area contributed by atoms with Crippen molar-refractivity contribution >= 4 is 23.8 Å². The molecule has 0 unspecified atom stereocenters. The zero-order valence-electron chi connectivity index (χ0n) is 10.3. The minimum absolute atomic E-state index is 0.192. The standard InChI is InChI=1S/C12H17ClFN3/c1-5-11(13)12(14)7-6-9(2)17-10(3)16-8-15-4/h6-8H,2,5H2,1,3-4H3,(H,15,16,17). The quantitative estimate of drug-likeness (QED) is 0.456. The van der Waals surface area contributed by atoms with Crippen LogP contribution in [0.1, 0.15) is 20.3 Å². The van der Waals surface area contributed by atoms with Gasteiger partial charge in [0, 0.05) is 12.7 Å². The number of aliphatic imine (C=N–C) groups is 2. The molecule has 0 radical (unpaired) electrons. The second-order valence-electron chi connectivity index (χ2n) is 3.18. The van der Waals surface area contributed by atoms with Crippen LogP contribution < -0.4 is 5.32 Å². The molecule has 17 heavy (non-hydrogen) atoms. The highest BCUT2D eigenvalue weighted by atomic mass is 35.5. The van der Waals surface area contributed by atoms with Gasteiger partial charge in [0.2, 0.25) is 0 Å². The molecule has 0 aliphatic rings. The fourth-order valence-electron chi connectivity index (χ4n) is 0.884. The molecule has 0 aromatic carbocycles. The summed E-state index contributed by atoms with van der Waals surface area (Å²) in [5.74, 6) is 0.165. The number of rotatable bonds is 5. The van der Waals surface area contributed by atoms with Gasteiger partial charge in [-0.3, -0.25) is 4.99 Å². The van der Waals surface area contributed by atoms with Crippen molar-refractivity contribution in [1.82, 2.24) is 5.32 Å². The summed E-state index contributed by atoms with van der Waals surface area (Å²) in [5.41, 5.74) is 0.520. The van der Waals surface area contributed by atoms with Crippen LogP contribution in [0.25, 0.3) is 0 Å². The molecule has 1 N–H and O–H groups in total. The van der Waals surface area contributed by atoms with E-state index in [-0.39, 0.29) is 5.03 Å². The molecule has 0 aromatic heterocycles. The number of amidine groups is 1. The molecule has 0 fully saturated rings. The van der Waals surface area contributed by atoms with Crippen LogP contribution in [0.4, 0.5) is 4.39 Å². The highest BCUT2D eigenvalue weighted by Crippen LogP contribution is 2.15. The lowest BCUT2D eigenvalue weighted by atomic mass is 10.3. The van der Waals surface area contributed by atoms with Gasteiger partial charge in [0.25, 0.3) is 0 Å². The molecule has 94 valence electrons. The lowest BCUT2D eigenvalue weighted by molar-refractivity contribution is 0.657. The lowest BCUT2D eigenvalue weighted by Gasteiger charge is -2.03. The van der Waals surface area contributed by atoms with Crippen LogP contribution >= 0.6 is 11.6 Å². The van der Waals surface area contributed by atoms with Crippen LogP contribution in [0.15, 0.2) is 45.3 Å². The van der Waals surface area contributed by atoms with Crippen LogP contribution in [0.5, 0.6) is 0 Å². The Balaban J connectivity index is 4.43. The molecule has 0 aliphatic heterocycles. The van der Waals surface area contributed by atoms with E-state index in [2.05, 4.69) is 21.9 Å². The average molecular weight is 258 g/mol. The van der Waals surface area contributed by atoms with E-state index in [1.807, 2.05) is 0 Å². The van der Waals surface area contributed by atoms with Gasteiger partial charge in [-0.2, -0.15) is 0 Å². The number of allylic oxidation sites excluding steroid dienone is 4. The maximum atomic E-state index is 13.2. The molecular formula is C12H17ClFN3. The van der Waals surface area contributed by atoms with Gasteiger partial charge in [-0.1, -0.05) is 25.1 Å². The Morgan fingerprint density at radius 1 is 1.47 bits per heavy atom. The van der Waals surface area contributed by atoms with E-state index in [1.54, 1.807) is 20.9 Å². The van der Waals surface area contributed by atoms with Crippen molar-refractivity contribution in [2.24, 2.45) is 9.98 Å². The molecule has 3 nitrogen and oxygen atoms in total. The Labute approximate surface area is 106 Å². The van der Waals surface area contributed by atoms with E-state index >= 15 is 0 Å². The highest BCUT2D eigenvalue weighted by molar-refractivity contribution is 6.29. The van der Waals surface area contributed by atoms with Gasteiger partial charge in [-0.25, -0.2) is 9.38 Å². The van der Waals surface area contributed by atoms with Crippen LogP contribution in [0.3, 0.4) is 0 Å². The number of nitrogens with one attached hydrogen (secondary N) is 1. The number of halogens is 2. The minimum atomic E-state index is -0.457. The first-order valence-electron chi connectivity index (χ1n) is 5.14. The Bertz CT molecular complexity index is 381. The van der Waals surface area contributed by atoms with Gasteiger partial charge in [0.1, 0.15) is 18.0 Å². The summed E-state index contributed by atoms with van der Waals surface area (Å²) in [4.78, 5) is 7.65. The van der Waals surface area contributed by atoms with Gasteiger partial charge in [0.15, 0.2) is 0 Å². The molecule has 0 rings (SSSR count). The lowest BCUT2D eigenvalue weighted by Crippen LogP contribution is -2.17.